The van der Waals surface area contributed by atoms with Crippen molar-refractivity contribution in [3.63, 3.8) is 0 Å². The van der Waals surface area contributed by atoms with Crippen LogP contribution in [0.3, 0.4) is 0 Å². The number of hydrogen-bond donors (Lipinski definition) is 1. The number of aryl methyl sites for hydroxylation is 1. The van der Waals surface area contributed by atoms with Crippen LogP contribution in [0.25, 0.3) is 0 Å². The molecule has 0 radical (unpaired) electrons. The lowest BCUT2D eigenvalue weighted by molar-refractivity contribution is 0.334. The number of rotatable bonds is 2. The van der Waals surface area contributed by atoms with Crippen molar-refractivity contribution in [3.05, 3.63) is 35.4 Å². The van der Waals surface area contributed by atoms with Crippen molar-refractivity contribution in [3.8, 4) is 0 Å². The maximum atomic E-state index is 3.97. The second-order valence-corrected chi connectivity index (χ2v) is 6.42. The molecule has 0 heterocycles. The van der Waals surface area contributed by atoms with Crippen molar-refractivity contribution >= 4 is 0 Å². The zero-order valence-electron chi connectivity index (χ0n) is 12.0. The molecule has 0 bridgehead atoms. The Hall–Kier alpha value is -0.820. The van der Waals surface area contributed by atoms with Crippen LogP contribution in [0.4, 0.5) is 0 Å². The van der Waals surface area contributed by atoms with Gasteiger partial charge in [0.15, 0.2) is 0 Å². The first kappa shape index (κ1) is 13.2. The molecule has 1 saturated carbocycles. The van der Waals surface area contributed by atoms with E-state index in [4.69, 9.17) is 0 Å². The van der Waals surface area contributed by atoms with Crippen LogP contribution in [0.2, 0.25) is 0 Å². The van der Waals surface area contributed by atoms with E-state index in [-0.39, 0.29) is 0 Å². The third-order valence-electron chi connectivity index (χ3n) is 4.92. The van der Waals surface area contributed by atoms with Crippen LogP contribution >= 0.6 is 0 Å². The molecule has 1 unspecified atom stereocenters. The molecule has 0 spiro atoms. The Bertz CT molecular complexity index is 390. The number of nitrogens with one attached hydrogen (secondary N) is 1. The molecule has 1 atom stereocenters. The molecule has 1 nitrogen and oxygen atoms in total. The van der Waals surface area contributed by atoms with Gasteiger partial charge in [0.05, 0.1) is 0 Å². The molecule has 2 aliphatic carbocycles. The Morgan fingerprint density at radius 3 is 2.21 bits per heavy atom. The van der Waals surface area contributed by atoms with Gasteiger partial charge in [-0.2, -0.15) is 0 Å². The van der Waals surface area contributed by atoms with Gasteiger partial charge in [0.25, 0.3) is 0 Å². The van der Waals surface area contributed by atoms with Gasteiger partial charge in [0.1, 0.15) is 0 Å². The van der Waals surface area contributed by atoms with Gasteiger partial charge in [-0.3, -0.25) is 0 Å². The SMILES string of the molecule is c1ccc2c(c1)CCC(NC1CCCCCCC1)C2. The first-order valence-electron chi connectivity index (χ1n) is 8.24. The Kier molecular flexibility index (Phi) is 4.55. The molecule has 19 heavy (non-hydrogen) atoms. The van der Waals surface area contributed by atoms with Gasteiger partial charge in [0.2, 0.25) is 0 Å². The average molecular weight is 257 g/mol. The Morgan fingerprint density at radius 1 is 0.737 bits per heavy atom. The zero-order valence-corrected chi connectivity index (χ0v) is 12.0. The van der Waals surface area contributed by atoms with E-state index >= 15 is 0 Å². The molecule has 1 N–H and O–H groups in total. The summed E-state index contributed by atoms with van der Waals surface area (Å²) in [7, 11) is 0. The van der Waals surface area contributed by atoms with Gasteiger partial charge in [-0.25, -0.2) is 0 Å². The smallest absolute Gasteiger partial charge is 0.0113 e. The normalized spacial score (nSPS) is 25.4. The van der Waals surface area contributed by atoms with E-state index in [1.54, 1.807) is 11.1 Å². The molecule has 3 rings (SSSR count). The van der Waals surface area contributed by atoms with Crippen molar-refractivity contribution in [1.82, 2.24) is 5.32 Å². The highest BCUT2D eigenvalue weighted by atomic mass is 14.9. The molecule has 1 heteroatoms. The summed E-state index contributed by atoms with van der Waals surface area (Å²) in [5, 5.41) is 3.97. The fraction of sp³-hybridized carbons (Fsp3) is 0.667. The third kappa shape index (κ3) is 3.60. The Morgan fingerprint density at radius 2 is 1.42 bits per heavy atom. The topological polar surface area (TPSA) is 12.0 Å². The lowest BCUT2D eigenvalue weighted by Crippen LogP contribution is -2.41. The minimum Gasteiger partial charge on any atom is -0.311 e. The van der Waals surface area contributed by atoms with Crippen molar-refractivity contribution in [1.29, 1.82) is 0 Å². The Labute approximate surface area is 117 Å². The Balaban J connectivity index is 1.56. The zero-order chi connectivity index (χ0) is 12.9. The summed E-state index contributed by atoms with van der Waals surface area (Å²) in [6, 6.07) is 10.5. The summed E-state index contributed by atoms with van der Waals surface area (Å²) >= 11 is 0. The lowest BCUT2D eigenvalue weighted by atomic mass is 9.87. The summed E-state index contributed by atoms with van der Waals surface area (Å²) in [5.41, 5.74) is 3.16. The molecule has 0 aliphatic heterocycles. The number of benzene rings is 1. The van der Waals surface area contributed by atoms with Crippen LogP contribution < -0.4 is 5.32 Å². The van der Waals surface area contributed by atoms with Crippen LogP contribution in [0.5, 0.6) is 0 Å². The van der Waals surface area contributed by atoms with Crippen molar-refractivity contribution in [2.24, 2.45) is 0 Å². The van der Waals surface area contributed by atoms with Crippen LogP contribution in [-0.2, 0) is 12.8 Å². The fourth-order valence-corrected chi connectivity index (χ4v) is 3.80. The summed E-state index contributed by atoms with van der Waals surface area (Å²) in [5.74, 6) is 0. The molecule has 2 aliphatic rings. The molecule has 1 fully saturated rings. The van der Waals surface area contributed by atoms with E-state index in [1.165, 1.54) is 64.2 Å². The lowest BCUT2D eigenvalue weighted by Gasteiger charge is -2.30. The third-order valence-corrected chi connectivity index (χ3v) is 4.92. The van der Waals surface area contributed by atoms with Crippen LogP contribution in [0.1, 0.15) is 62.5 Å². The molecule has 0 saturated heterocycles. The largest absolute Gasteiger partial charge is 0.311 e. The highest BCUT2D eigenvalue weighted by Gasteiger charge is 2.21. The highest BCUT2D eigenvalue weighted by Crippen LogP contribution is 2.23. The minimum atomic E-state index is 0.722. The van der Waals surface area contributed by atoms with Gasteiger partial charge >= 0.3 is 0 Å². The predicted octanol–water partition coefficient (Wildman–Crippen LogP) is 4.25. The van der Waals surface area contributed by atoms with E-state index in [2.05, 4.69) is 29.6 Å². The van der Waals surface area contributed by atoms with E-state index in [0.717, 1.165) is 12.1 Å². The standard InChI is InChI=1S/C18H27N/c1-2-4-10-17(11-5-3-1)19-18-13-12-15-8-6-7-9-16(15)14-18/h6-9,17-19H,1-5,10-14H2. The highest BCUT2D eigenvalue weighted by molar-refractivity contribution is 5.30. The molecular formula is C18H27N. The predicted molar refractivity (Wildman–Crippen MR) is 81.5 cm³/mol. The summed E-state index contributed by atoms with van der Waals surface area (Å²) in [4.78, 5) is 0. The number of fused-ring (bicyclic) bond motifs is 1. The van der Waals surface area contributed by atoms with E-state index in [9.17, 15) is 0 Å². The second kappa shape index (κ2) is 6.56. The average Bonchev–Trinajstić information content (AvgIpc) is 2.41. The molecule has 1 aromatic rings. The molecule has 104 valence electrons. The monoisotopic (exact) mass is 257 g/mol. The van der Waals surface area contributed by atoms with Crippen LogP contribution in [-0.4, -0.2) is 12.1 Å². The molecule has 0 aromatic heterocycles. The maximum Gasteiger partial charge on any atom is 0.0113 e. The van der Waals surface area contributed by atoms with E-state index < -0.39 is 0 Å². The van der Waals surface area contributed by atoms with Crippen LogP contribution in [0.15, 0.2) is 24.3 Å². The van der Waals surface area contributed by atoms with Crippen molar-refractivity contribution in [2.45, 2.75) is 76.3 Å². The first-order valence-corrected chi connectivity index (χ1v) is 8.24. The van der Waals surface area contributed by atoms with E-state index in [1.807, 2.05) is 0 Å². The first-order chi connectivity index (χ1) is 9.42. The molecule has 1 aromatic carbocycles. The van der Waals surface area contributed by atoms with Crippen molar-refractivity contribution < 1.29 is 0 Å². The molecular weight excluding hydrogens is 230 g/mol. The molecule has 0 amide bonds. The minimum absolute atomic E-state index is 0.722. The number of hydrogen-bond acceptors (Lipinski definition) is 1. The van der Waals surface area contributed by atoms with Gasteiger partial charge in [-0.05, 0) is 43.2 Å². The van der Waals surface area contributed by atoms with Gasteiger partial charge in [-0.15, -0.1) is 0 Å². The quantitative estimate of drug-likeness (QED) is 0.835. The van der Waals surface area contributed by atoms with Crippen LogP contribution in [0, 0.1) is 0 Å². The van der Waals surface area contributed by atoms with Gasteiger partial charge in [0, 0.05) is 12.1 Å². The summed E-state index contributed by atoms with van der Waals surface area (Å²) in [6.07, 6.45) is 13.9. The van der Waals surface area contributed by atoms with E-state index in [0.29, 0.717) is 0 Å². The second-order valence-electron chi connectivity index (χ2n) is 6.42. The maximum absolute atomic E-state index is 3.97. The van der Waals surface area contributed by atoms with Gasteiger partial charge in [-0.1, -0.05) is 56.4 Å². The summed E-state index contributed by atoms with van der Waals surface area (Å²) in [6.45, 7) is 0. The van der Waals surface area contributed by atoms with Gasteiger partial charge < -0.3 is 5.32 Å². The fourth-order valence-electron chi connectivity index (χ4n) is 3.80. The van der Waals surface area contributed by atoms with Crippen molar-refractivity contribution in [2.75, 3.05) is 0 Å². The summed E-state index contributed by atoms with van der Waals surface area (Å²) < 4.78 is 0.